The van der Waals surface area contributed by atoms with Crippen molar-refractivity contribution in [2.24, 2.45) is 0 Å². The van der Waals surface area contributed by atoms with Gasteiger partial charge in [0.1, 0.15) is 0 Å². The third-order valence-corrected chi connectivity index (χ3v) is 2.31. The van der Waals surface area contributed by atoms with Gasteiger partial charge < -0.3 is 10.2 Å². The molecule has 0 spiro atoms. The van der Waals surface area contributed by atoms with E-state index in [4.69, 9.17) is 10.2 Å². The Balaban J connectivity index is 2.73. The van der Waals surface area contributed by atoms with E-state index in [2.05, 4.69) is 0 Å². The standard InChI is InChI=1S/C14H14O4/c15-13(16)9-3-7-11-5-1-2-6-12(11)8-4-10-14(17)18/h1-6,9-10H,7-8H2,(H,15,16)(H,17,18). The molecule has 4 heteroatoms. The van der Waals surface area contributed by atoms with Gasteiger partial charge in [-0.15, -0.1) is 0 Å². The first-order valence-corrected chi connectivity index (χ1v) is 5.45. The summed E-state index contributed by atoms with van der Waals surface area (Å²) in [5.74, 6) is -1.95. The zero-order valence-corrected chi connectivity index (χ0v) is 9.74. The summed E-state index contributed by atoms with van der Waals surface area (Å²) >= 11 is 0. The summed E-state index contributed by atoms with van der Waals surface area (Å²) in [5, 5.41) is 17.0. The van der Waals surface area contributed by atoms with Crippen LogP contribution in [0.3, 0.4) is 0 Å². The van der Waals surface area contributed by atoms with Crippen LogP contribution in [0, 0.1) is 0 Å². The minimum atomic E-state index is -0.974. The first-order chi connectivity index (χ1) is 8.59. The van der Waals surface area contributed by atoms with Crippen molar-refractivity contribution in [1.82, 2.24) is 0 Å². The molecule has 0 amide bonds. The average Bonchev–Trinajstić information content (AvgIpc) is 2.30. The molecule has 0 aliphatic rings. The maximum atomic E-state index is 10.4. The van der Waals surface area contributed by atoms with Crippen molar-refractivity contribution in [1.29, 1.82) is 0 Å². The van der Waals surface area contributed by atoms with Crippen LogP contribution < -0.4 is 0 Å². The fraction of sp³-hybridized carbons (Fsp3) is 0.143. The van der Waals surface area contributed by atoms with Crippen LogP contribution in [-0.2, 0) is 22.4 Å². The minimum absolute atomic E-state index is 0.517. The van der Waals surface area contributed by atoms with Crippen LogP contribution >= 0.6 is 0 Å². The fourth-order valence-corrected chi connectivity index (χ4v) is 1.53. The summed E-state index contributed by atoms with van der Waals surface area (Å²) in [4.78, 5) is 20.7. The molecule has 2 N–H and O–H groups in total. The van der Waals surface area contributed by atoms with Crippen molar-refractivity contribution in [3.05, 3.63) is 59.7 Å². The molecule has 0 radical (unpaired) electrons. The van der Waals surface area contributed by atoms with E-state index in [1.807, 2.05) is 24.3 Å². The molecule has 94 valence electrons. The molecule has 0 fully saturated rings. The lowest BCUT2D eigenvalue weighted by molar-refractivity contribution is -0.132. The van der Waals surface area contributed by atoms with Crippen LogP contribution in [0.4, 0.5) is 0 Å². The second-order valence-corrected chi connectivity index (χ2v) is 3.66. The highest BCUT2D eigenvalue weighted by atomic mass is 16.4. The van der Waals surface area contributed by atoms with E-state index in [-0.39, 0.29) is 0 Å². The molecule has 18 heavy (non-hydrogen) atoms. The second-order valence-electron chi connectivity index (χ2n) is 3.66. The van der Waals surface area contributed by atoms with Crippen molar-refractivity contribution < 1.29 is 19.8 Å². The third kappa shape index (κ3) is 5.12. The Bertz CT molecular complexity index is 441. The van der Waals surface area contributed by atoms with Gasteiger partial charge in [0.25, 0.3) is 0 Å². The van der Waals surface area contributed by atoms with Gasteiger partial charge in [0, 0.05) is 12.2 Å². The lowest BCUT2D eigenvalue weighted by Crippen LogP contribution is -1.94. The number of allylic oxidation sites excluding steroid dienone is 2. The molecule has 0 atom stereocenters. The number of rotatable bonds is 6. The lowest BCUT2D eigenvalue weighted by atomic mass is 10.0. The van der Waals surface area contributed by atoms with Crippen molar-refractivity contribution in [2.75, 3.05) is 0 Å². The van der Waals surface area contributed by atoms with E-state index in [1.165, 1.54) is 0 Å². The van der Waals surface area contributed by atoms with Crippen LogP contribution in [0.25, 0.3) is 0 Å². The van der Waals surface area contributed by atoms with Crippen molar-refractivity contribution in [2.45, 2.75) is 12.8 Å². The molecule has 0 aliphatic heterocycles. The number of carbonyl (C=O) groups is 2. The Morgan fingerprint density at radius 1 is 0.889 bits per heavy atom. The van der Waals surface area contributed by atoms with Crippen LogP contribution in [0.5, 0.6) is 0 Å². The number of aliphatic carboxylic acids is 2. The molecule has 1 aromatic rings. The van der Waals surface area contributed by atoms with Crippen molar-refractivity contribution in [3.8, 4) is 0 Å². The van der Waals surface area contributed by atoms with E-state index in [0.717, 1.165) is 23.3 Å². The van der Waals surface area contributed by atoms with Gasteiger partial charge in [0.2, 0.25) is 0 Å². The molecular weight excluding hydrogens is 232 g/mol. The van der Waals surface area contributed by atoms with Crippen LogP contribution in [0.2, 0.25) is 0 Å². The quantitative estimate of drug-likeness (QED) is 0.753. The van der Waals surface area contributed by atoms with Gasteiger partial charge in [-0.3, -0.25) is 0 Å². The van der Waals surface area contributed by atoms with E-state index in [9.17, 15) is 9.59 Å². The molecule has 0 heterocycles. The molecule has 1 rings (SSSR count). The van der Waals surface area contributed by atoms with Gasteiger partial charge in [-0.25, -0.2) is 9.59 Å². The Hall–Kier alpha value is -2.36. The fourth-order valence-electron chi connectivity index (χ4n) is 1.53. The molecular formula is C14H14O4. The highest BCUT2D eigenvalue weighted by Crippen LogP contribution is 2.11. The second kappa shape index (κ2) is 7.06. The number of benzene rings is 1. The summed E-state index contributed by atoms with van der Waals surface area (Å²) in [7, 11) is 0. The molecule has 0 bridgehead atoms. The van der Waals surface area contributed by atoms with E-state index < -0.39 is 11.9 Å². The highest BCUT2D eigenvalue weighted by Gasteiger charge is 1.99. The third-order valence-electron chi connectivity index (χ3n) is 2.31. The van der Waals surface area contributed by atoms with E-state index in [0.29, 0.717) is 12.8 Å². The largest absolute Gasteiger partial charge is 0.478 e. The molecule has 0 unspecified atom stereocenters. The molecule has 0 aromatic heterocycles. The molecule has 0 saturated carbocycles. The molecule has 0 aliphatic carbocycles. The SMILES string of the molecule is O=C(O)C=CCc1ccccc1CC=CC(=O)O. The Morgan fingerprint density at radius 2 is 1.28 bits per heavy atom. The molecule has 1 aromatic carbocycles. The number of carboxylic acids is 2. The predicted octanol–water partition coefficient (Wildman–Crippen LogP) is 2.05. The first-order valence-electron chi connectivity index (χ1n) is 5.45. The maximum absolute atomic E-state index is 10.4. The molecule has 4 nitrogen and oxygen atoms in total. The van der Waals surface area contributed by atoms with Crippen molar-refractivity contribution >= 4 is 11.9 Å². The summed E-state index contributed by atoms with van der Waals surface area (Å²) in [6.45, 7) is 0. The van der Waals surface area contributed by atoms with Gasteiger partial charge in [-0.05, 0) is 24.0 Å². The van der Waals surface area contributed by atoms with Gasteiger partial charge >= 0.3 is 11.9 Å². The first kappa shape index (κ1) is 13.7. The van der Waals surface area contributed by atoms with Crippen molar-refractivity contribution in [3.63, 3.8) is 0 Å². The average molecular weight is 246 g/mol. The van der Waals surface area contributed by atoms with Gasteiger partial charge in [-0.1, -0.05) is 36.4 Å². The maximum Gasteiger partial charge on any atom is 0.327 e. The lowest BCUT2D eigenvalue weighted by Gasteiger charge is -2.04. The van der Waals surface area contributed by atoms with E-state index >= 15 is 0 Å². The highest BCUT2D eigenvalue weighted by molar-refractivity contribution is 5.80. The Morgan fingerprint density at radius 3 is 1.61 bits per heavy atom. The zero-order valence-electron chi connectivity index (χ0n) is 9.74. The number of hydrogen-bond donors (Lipinski definition) is 2. The smallest absolute Gasteiger partial charge is 0.327 e. The number of hydrogen-bond acceptors (Lipinski definition) is 2. The number of carboxylic acid groups (broad SMARTS) is 2. The van der Waals surface area contributed by atoms with Crippen LogP contribution in [-0.4, -0.2) is 22.2 Å². The van der Waals surface area contributed by atoms with Gasteiger partial charge in [-0.2, -0.15) is 0 Å². The summed E-state index contributed by atoms with van der Waals surface area (Å²) in [5.41, 5.74) is 1.98. The Kier molecular flexibility index (Phi) is 5.38. The topological polar surface area (TPSA) is 74.6 Å². The summed E-state index contributed by atoms with van der Waals surface area (Å²) in [6.07, 6.45) is 6.38. The summed E-state index contributed by atoms with van der Waals surface area (Å²) in [6, 6.07) is 7.54. The minimum Gasteiger partial charge on any atom is -0.478 e. The van der Waals surface area contributed by atoms with Crippen LogP contribution in [0.1, 0.15) is 11.1 Å². The van der Waals surface area contributed by atoms with Gasteiger partial charge in [0.05, 0.1) is 0 Å². The Labute approximate surface area is 105 Å². The van der Waals surface area contributed by atoms with E-state index in [1.54, 1.807) is 12.2 Å². The zero-order chi connectivity index (χ0) is 13.4. The van der Waals surface area contributed by atoms with Gasteiger partial charge in [0.15, 0.2) is 0 Å². The molecule has 0 saturated heterocycles. The predicted molar refractivity (Wildman–Crippen MR) is 67.4 cm³/mol. The summed E-state index contributed by atoms with van der Waals surface area (Å²) < 4.78 is 0. The van der Waals surface area contributed by atoms with Crippen LogP contribution in [0.15, 0.2) is 48.6 Å². The normalized spacial score (nSPS) is 11.1. The monoisotopic (exact) mass is 246 g/mol.